The van der Waals surface area contributed by atoms with E-state index >= 15 is 0 Å². The fourth-order valence-corrected chi connectivity index (χ4v) is 4.89. The molecular weight excluding hydrogens is 400 g/mol. The predicted molar refractivity (Wildman–Crippen MR) is 125 cm³/mol. The van der Waals surface area contributed by atoms with Crippen molar-refractivity contribution in [1.82, 2.24) is 0 Å². The minimum absolute atomic E-state index is 0.494. The Hall–Kier alpha value is -2.82. The van der Waals surface area contributed by atoms with E-state index in [1.54, 1.807) is 11.3 Å². The number of benzene rings is 3. The van der Waals surface area contributed by atoms with Crippen molar-refractivity contribution in [2.75, 3.05) is 5.32 Å². The smallest absolute Gasteiger partial charge is 0.128 e. The van der Waals surface area contributed by atoms with Crippen LogP contribution in [-0.4, -0.2) is 10.9 Å². The summed E-state index contributed by atoms with van der Waals surface area (Å²) in [5, 5.41) is 18.5. The van der Waals surface area contributed by atoms with Gasteiger partial charge in [-0.3, -0.25) is 0 Å². The molecular formula is C24H21ClN2OS. The molecule has 0 aliphatic rings. The Balaban J connectivity index is 1.72. The maximum Gasteiger partial charge on any atom is 0.128 e. The van der Waals surface area contributed by atoms with Gasteiger partial charge in [0.1, 0.15) is 5.71 Å². The van der Waals surface area contributed by atoms with Gasteiger partial charge in [0.15, 0.2) is 0 Å². The van der Waals surface area contributed by atoms with E-state index in [-0.39, 0.29) is 0 Å². The van der Waals surface area contributed by atoms with Gasteiger partial charge in [-0.1, -0.05) is 52.7 Å². The maximum absolute atomic E-state index is 9.82. The van der Waals surface area contributed by atoms with Gasteiger partial charge < -0.3 is 10.5 Å². The molecule has 0 saturated carbocycles. The second kappa shape index (κ2) is 7.90. The molecule has 4 aromatic rings. The Morgan fingerprint density at radius 1 is 1.00 bits per heavy atom. The summed E-state index contributed by atoms with van der Waals surface area (Å²) in [6, 6.07) is 20.2. The molecule has 0 radical (unpaired) electrons. The first kappa shape index (κ1) is 19.5. The van der Waals surface area contributed by atoms with Gasteiger partial charge in [0, 0.05) is 21.6 Å². The van der Waals surface area contributed by atoms with Gasteiger partial charge in [0.05, 0.1) is 9.90 Å². The average molecular weight is 421 g/mol. The molecule has 3 nitrogen and oxygen atoms in total. The van der Waals surface area contributed by atoms with E-state index < -0.39 is 0 Å². The number of hydrogen-bond acceptors (Lipinski definition) is 4. The number of nitrogens with one attached hydrogen (secondary N) is 1. The van der Waals surface area contributed by atoms with Crippen molar-refractivity contribution in [1.29, 1.82) is 0 Å². The fraction of sp³-hybridized carbons (Fsp3) is 0.125. The van der Waals surface area contributed by atoms with Crippen LogP contribution in [0.1, 0.15) is 27.1 Å². The Morgan fingerprint density at radius 2 is 1.79 bits per heavy atom. The molecule has 1 heterocycles. The topological polar surface area (TPSA) is 44.6 Å². The zero-order valence-corrected chi connectivity index (χ0v) is 18.0. The van der Waals surface area contributed by atoms with Crippen molar-refractivity contribution >= 4 is 50.1 Å². The molecule has 0 fully saturated rings. The van der Waals surface area contributed by atoms with Gasteiger partial charge in [0.25, 0.3) is 0 Å². The van der Waals surface area contributed by atoms with Gasteiger partial charge in [-0.15, -0.1) is 11.3 Å². The molecule has 2 N–H and O–H groups in total. The lowest BCUT2D eigenvalue weighted by Crippen LogP contribution is -2.04. The lowest BCUT2D eigenvalue weighted by Gasteiger charge is -2.12. The molecule has 0 aliphatic carbocycles. The number of hydrogen-bond donors (Lipinski definition) is 2. The molecule has 0 spiro atoms. The van der Waals surface area contributed by atoms with Gasteiger partial charge in [-0.2, -0.15) is 0 Å². The average Bonchev–Trinajstić information content (AvgIpc) is 3.02. The zero-order chi connectivity index (χ0) is 20.5. The molecule has 3 aromatic carbocycles. The number of anilines is 2. The highest BCUT2D eigenvalue weighted by Crippen LogP contribution is 2.35. The van der Waals surface area contributed by atoms with E-state index in [0.29, 0.717) is 16.3 Å². The molecule has 1 aromatic heterocycles. The van der Waals surface area contributed by atoms with Crippen molar-refractivity contribution in [2.45, 2.75) is 20.8 Å². The van der Waals surface area contributed by atoms with Crippen LogP contribution in [0.4, 0.5) is 11.4 Å². The lowest BCUT2D eigenvalue weighted by atomic mass is 10.0. The summed E-state index contributed by atoms with van der Waals surface area (Å²) in [4.78, 5) is 0.926. The van der Waals surface area contributed by atoms with Crippen molar-refractivity contribution in [2.24, 2.45) is 5.16 Å². The molecule has 29 heavy (non-hydrogen) atoms. The number of halogens is 1. The first-order chi connectivity index (χ1) is 14.0. The van der Waals surface area contributed by atoms with E-state index in [9.17, 15) is 5.21 Å². The molecule has 0 aliphatic heterocycles. The summed E-state index contributed by atoms with van der Waals surface area (Å²) in [6.07, 6.45) is 0. The summed E-state index contributed by atoms with van der Waals surface area (Å²) in [5.74, 6) is 0. The highest BCUT2D eigenvalue weighted by molar-refractivity contribution is 7.21. The quantitative estimate of drug-likeness (QED) is 0.204. The number of nitrogens with zero attached hydrogens (tertiary/aromatic N) is 1. The molecule has 146 valence electrons. The molecule has 0 amide bonds. The Kier molecular flexibility index (Phi) is 5.31. The third kappa shape index (κ3) is 3.74. The molecule has 5 heteroatoms. The minimum atomic E-state index is 0.494. The van der Waals surface area contributed by atoms with Crippen molar-refractivity contribution in [3.05, 3.63) is 92.8 Å². The maximum atomic E-state index is 9.82. The second-order valence-corrected chi connectivity index (χ2v) is 8.60. The van der Waals surface area contributed by atoms with Crippen molar-refractivity contribution in [3.8, 4) is 0 Å². The fourth-order valence-electron chi connectivity index (χ4n) is 3.44. The van der Waals surface area contributed by atoms with Crippen LogP contribution in [0.25, 0.3) is 10.1 Å². The Labute approximate surface area is 179 Å². The van der Waals surface area contributed by atoms with Crippen molar-refractivity contribution < 1.29 is 5.21 Å². The Morgan fingerprint density at radius 3 is 2.52 bits per heavy atom. The zero-order valence-electron chi connectivity index (χ0n) is 16.5. The number of oxime groups is 1. The normalized spacial score (nSPS) is 11.8. The summed E-state index contributed by atoms with van der Waals surface area (Å²) < 4.78 is 1.17. The highest BCUT2D eigenvalue weighted by Gasteiger charge is 2.19. The van der Waals surface area contributed by atoms with E-state index in [2.05, 4.69) is 55.5 Å². The summed E-state index contributed by atoms with van der Waals surface area (Å²) in [5.41, 5.74) is 6.57. The predicted octanol–water partition coefficient (Wildman–Crippen LogP) is 7.45. The van der Waals surface area contributed by atoms with Crippen LogP contribution < -0.4 is 5.32 Å². The van der Waals surface area contributed by atoms with Crippen LogP contribution in [0.3, 0.4) is 0 Å². The van der Waals surface area contributed by atoms with Gasteiger partial charge in [-0.05, 0) is 67.6 Å². The summed E-state index contributed by atoms with van der Waals surface area (Å²) in [6.45, 7) is 6.19. The third-order valence-electron chi connectivity index (χ3n) is 5.06. The number of thiophene rings is 1. The monoisotopic (exact) mass is 420 g/mol. The molecule has 4 rings (SSSR count). The van der Waals surface area contributed by atoms with E-state index in [1.807, 2.05) is 36.4 Å². The number of fused-ring (bicyclic) bond motifs is 1. The van der Waals surface area contributed by atoms with Crippen molar-refractivity contribution in [3.63, 3.8) is 0 Å². The van der Waals surface area contributed by atoms with Crippen LogP contribution in [0, 0.1) is 20.8 Å². The van der Waals surface area contributed by atoms with Gasteiger partial charge in [0.2, 0.25) is 0 Å². The summed E-state index contributed by atoms with van der Waals surface area (Å²) >= 11 is 8.22. The van der Waals surface area contributed by atoms with Crippen LogP contribution in [0.2, 0.25) is 5.02 Å². The standard InChI is InChI=1S/C24H21ClN2OS/c1-14-8-11-22-19(12-14)16(3)24(29-22)23(27-28)18-10-9-17(13-20(18)25)26-21-7-5-4-6-15(21)2/h4-13,26,28H,1-3H3. The summed E-state index contributed by atoms with van der Waals surface area (Å²) in [7, 11) is 0. The molecule has 0 unspecified atom stereocenters. The SMILES string of the molecule is Cc1ccc2sc(C(=NO)c3ccc(Nc4ccccc4C)cc3Cl)c(C)c2c1. The van der Waals surface area contributed by atoms with E-state index in [1.165, 1.54) is 15.6 Å². The number of para-hydroxylation sites is 1. The third-order valence-corrected chi connectivity index (χ3v) is 6.65. The minimum Gasteiger partial charge on any atom is -0.410 e. The first-order valence-electron chi connectivity index (χ1n) is 9.32. The number of rotatable bonds is 4. The molecule has 0 saturated heterocycles. The second-order valence-electron chi connectivity index (χ2n) is 7.14. The highest BCUT2D eigenvalue weighted by atomic mass is 35.5. The largest absolute Gasteiger partial charge is 0.410 e. The van der Waals surface area contributed by atoms with Gasteiger partial charge >= 0.3 is 0 Å². The van der Waals surface area contributed by atoms with Crippen LogP contribution >= 0.6 is 22.9 Å². The van der Waals surface area contributed by atoms with Crippen LogP contribution in [-0.2, 0) is 0 Å². The first-order valence-corrected chi connectivity index (χ1v) is 10.5. The number of aryl methyl sites for hydroxylation is 3. The van der Waals surface area contributed by atoms with Crippen LogP contribution in [0.5, 0.6) is 0 Å². The van der Waals surface area contributed by atoms with Crippen LogP contribution in [0.15, 0.2) is 65.8 Å². The molecule has 0 bridgehead atoms. The van der Waals surface area contributed by atoms with E-state index in [4.69, 9.17) is 11.6 Å². The van der Waals surface area contributed by atoms with Gasteiger partial charge in [-0.25, -0.2) is 0 Å². The van der Waals surface area contributed by atoms with E-state index in [0.717, 1.165) is 27.4 Å². The molecule has 0 atom stereocenters. The lowest BCUT2D eigenvalue weighted by molar-refractivity contribution is 0.319. The Bertz CT molecular complexity index is 1240.